The van der Waals surface area contributed by atoms with Crippen LogP contribution < -0.4 is 0 Å². The van der Waals surface area contributed by atoms with Gasteiger partial charge in [0.05, 0.1) is 32.0 Å². The molecule has 1 saturated heterocycles. The van der Waals surface area contributed by atoms with E-state index in [4.69, 9.17) is 0 Å². The van der Waals surface area contributed by atoms with E-state index in [1.54, 1.807) is 0 Å². The van der Waals surface area contributed by atoms with Crippen molar-refractivity contribution in [2.24, 2.45) is 0 Å². The molecular formula is C11H19N2O3S+. The fourth-order valence-corrected chi connectivity index (χ4v) is 3.28. The lowest BCUT2D eigenvalue weighted by Gasteiger charge is -2.43. The summed E-state index contributed by atoms with van der Waals surface area (Å²) in [5.41, 5.74) is 0.656. The Morgan fingerprint density at radius 2 is 2.06 bits per heavy atom. The number of amides is 1. The van der Waals surface area contributed by atoms with Crippen molar-refractivity contribution in [2.75, 3.05) is 39.5 Å². The molecular weight excluding hydrogens is 240 g/mol. The number of carbonyl (C=O) groups excluding carboxylic acids is 1. The van der Waals surface area contributed by atoms with Gasteiger partial charge in [0.1, 0.15) is 6.54 Å². The Bertz CT molecular complexity index is 463. The Balaban J connectivity index is 2.14. The molecule has 6 heteroatoms. The molecule has 2 aliphatic rings. The molecule has 0 bridgehead atoms. The summed E-state index contributed by atoms with van der Waals surface area (Å²) >= 11 is 0. The Hall–Kier alpha value is -0.880. The molecule has 17 heavy (non-hydrogen) atoms. The van der Waals surface area contributed by atoms with E-state index in [9.17, 15) is 13.2 Å². The van der Waals surface area contributed by atoms with E-state index in [1.807, 2.05) is 6.08 Å². The Kier molecular flexibility index (Phi) is 3.03. The summed E-state index contributed by atoms with van der Waals surface area (Å²) < 4.78 is 24.8. The number of nitrogens with zero attached hydrogens (tertiary/aromatic N) is 2. The van der Waals surface area contributed by atoms with Crippen molar-refractivity contribution >= 4 is 15.9 Å². The molecule has 1 fully saturated rings. The zero-order valence-corrected chi connectivity index (χ0v) is 11.2. The highest BCUT2D eigenvalue weighted by atomic mass is 32.2. The van der Waals surface area contributed by atoms with Crippen LogP contribution in [-0.2, 0) is 14.8 Å². The quantitative estimate of drug-likeness (QED) is 0.668. The summed E-state index contributed by atoms with van der Waals surface area (Å²) in [4.78, 5) is 12.1. The van der Waals surface area contributed by atoms with Crippen LogP contribution in [0.25, 0.3) is 0 Å². The molecule has 5 nitrogen and oxygen atoms in total. The third-order valence-electron chi connectivity index (χ3n) is 3.57. The zero-order valence-electron chi connectivity index (χ0n) is 10.3. The van der Waals surface area contributed by atoms with E-state index < -0.39 is 10.0 Å². The topological polar surface area (TPSA) is 54.5 Å². The smallest absolute Gasteiger partial charge is 0.268 e. The van der Waals surface area contributed by atoms with Gasteiger partial charge < -0.3 is 4.48 Å². The standard InChI is InChI=1S/C11H19N2O3S/c1-13(7-4-8-13)9-10-5-3-6-12(11(10)14)17(2,15)16/h5H,3-4,6-9H2,1-2H3/q+1. The van der Waals surface area contributed by atoms with Gasteiger partial charge in [0.2, 0.25) is 10.0 Å². The summed E-state index contributed by atoms with van der Waals surface area (Å²) in [5, 5.41) is 0. The molecule has 0 radical (unpaired) electrons. The number of carbonyl (C=O) groups is 1. The van der Waals surface area contributed by atoms with Crippen molar-refractivity contribution in [2.45, 2.75) is 12.8 Å². The first-order valence-electron chi connectivity index (χ1n) is 5.86. The van der Waals surface area contributed by atoms with Crippen LogP contribution in [0, 0.1) is 0 Å². The number of rotatable bonds is 3. The highest BCUT2D eigenvalue weighted by molar-refractivity contribution is 7.88. The van der Waals surface area contributed by atoms with Crippen molar-refractivity contribution in [3.63, 3.8) is 0 Å². The van der Waals surface area contributed by atoms with Gasteiger partial charge in [-0.1, -0.05) is 6.08 Å². The van der Waals surface area contributed by atoms with Gasteiger partial charge in [-0.2, -0.15) is 0 Å². The molecule has 96 valence electrons. The fourth-order valence-electron chi connectivity index (χ4n) is 2.42. The summed E-state index contributed by atoms with van der Waals surface area (Å²) in [6.45, 7) is 3.09. The molecule has 0 N–H and O–H groups in total. The number of likely N-dealkylation sites (tertiary alicyclic amines) is 1. The van der Waals surface area contributed by atoms with Crippen LogP contribution in [0.15, 0.2) is 11.6 Å². The number of hydrogen-bond donors (Lipinski definition) is 0. The van der Waals surface area contributed by atoms with E-state index in [0.717, 1.165) is 28.1 Å². The normalized spacial score (nSPS) is 24.2. The number of likely N-dealkylation sites (N-methyl/N-ethyl adjacent to an activating group) is 1. The molecule has 2 rings (SSSR count). The van der Waals surface area contributed by atoms with Gasteiger partial charge >= 0.3 is 0 Å². The average molecular weight is 259 g/mol. The minimum Gasteiger partial charge on any atom is -0.322 e. The SMILES string of the molecule is C[N+]1(CC2=CCCN(S(C)(=O)=O)C2=O)CCC1. The minimum absolute atomic E-state index is 0.283. The van der Waals surface area contributed by atoms with Crippen LogP contribution in [-0.4, -0.2) is 62.6 Å². The lowest BCUT2D eigenvalue weighted by atomic mass is 10.1. The summed E-state index contributed by atoms with van der Waals surface area (Å²) in [5.74, 6) is -0.329. The van der Waals surface area contributed by atoms with E-state index in [-0.39, 0.29) is 12.5 Å². The highest BCUT2D eigenvalue weighted by Gasteiger charge is 2.36. The van der Waals surface area contributed by atoms with Gasteiger partial charge in [-0.15, -0.1) is 0 Å². The van der Waals surface area contributed by atoms with Crippen molar-refractivity contribution in [3.8, 4) is 0 Å². The minimum atomic E-state index is -3.42. The average Bonchev–Trinajstić information content (AvgIpc) is 2.17. The first-order chi connectivity index (χ1) is 7.82. The van der Waals surface area contributed by atoms with E-state index >= 15 is 0 Å². The first kappa shape index (κ1) is 12.6. The van der Waals surface area contributed by atoms with Crippen molar-refractivity contribution in [1.29, 1.82) is 0 Å². The second-order valence-electron chi connectivity index (χ2n) is 5.24. The third-order valence-corrected chi connectivity index (χ3v) is 4.72. The highest BCUT2D eigenvalue weighted by Crippen LogP contribution is 2.23. The number of quaternary nitrogens is 1. The van der Waals surface area contributed by atoms with Crippen LogP contribution in [0.4, 0.5) is 0 Å². The Labute approximate surface area is 102 Å². The molecule has 2 heterocycles. The molecule has 0 saturated carbocycles. The Morgan fingerprint density at radius 3 is 2.53 bits per heavy atom. The van der Waals surface area contributed by atoms with Gasteiger partial charge in [-0.05, 0) is 6.42 Å². The zero-order chi connectivity index (χ0) is 12.7. The lowest BCUT2D eigenvalue weighted by molar-refractivity contribution is -0.941. The molecule has 0 aromatic rings. The monoisotopic (exact) mass is 259 g/mol. The maximum atomic E-state index is 12.1. The van der Waals surface area contributed by atoms with Crippen molar-refractivity contribution in [1.82, 2.24) is 4.31 Å². The van der Waals surface area contributed by atoms with E-state index in [0.29, 0.717) is 18.5 Å². The van der Waals surface area contributed by atoms with E-state index in [2.05, 4.69) is 7.05 Å². The molecule has 0 atom stereocenters. The van der Waals surface area contributed by atoms with Crippen LogP contribution in [0.3, 0.4) is 0 Å². The second kappa shape index (κ2) is 4.10. The van der Waals surface area contributed by atoms with Crippen LogP contribution in [0.2, 0.25) is 0 Å². The summed E-state index contributed by atoms with van der Waals surface area (Å²) in [7, 11) is -1.31. The maximum Gasteiger partial charge on any atom is 0.268 e. The lowest BCUT2D eigenvalue weighted by Crippen LogP contribution is -2.57. The van der Waals surface area contributed by atoms with Gasteiger partial charge in [-0.25, -0.2) is 12.7 Å². The molecule has 0 unspecified atom stereocenters. The van der Waals surface area contributed by atoms with Gasteiger partial charge in [-0.3, -0.25) is 4.79 Å². The van der Waals surface area contributed by atoms with Gasteiger partial charge in [0, 0.05) is 13.0 Å². The van der Waals surface area contributed by atoms with Crippen molar-refractivity contribution < 1.29 is 17.7 Å². The van der Waals surface area contributed by atoms with Crippen molar-refractivity contribution in [3.05, 3.63) is 11.6 Å². The first-order valence-corrected chi connectivity index (χ1v) is 7.71. The number of hydrogen-bond acceptors (Lipinski definition) is 3. The third kappa shape index (κ3) is 2.52. The summed E-state index contributed by atoms with van der Waals surface area (Å²) in [6, 6.07) is 0. The van der Waals surface area contributed by atoms with E-state index in [1.165, 1.54) is 6.42 Å². The summed E-state index contributed by atoms with van der Waals surface area (Å²) in [6.07, 6.45) is 4.81. The second-order valence-corrected chi connectivity index (χ2v) is 7.14. The van der Waals surface area contributed by atoms with Crippen LogP contribution in [0.5, 0.6) is 0 Å². The predicted molar refractivity (Wildman–Crippen MR) is 64.7 cm³/mol. The molecule has 0 spiro atoms. The molecule has 0 aromatic carbocycles. The fraction of sp³-hybridized carbons (Fsp3) is 0.727. The predicted octanol–water partition coefficient (Wildman–Crippen LogP) is -0.0450. The van der Waals surface area contributed by atoms with Gasteiger partial charge in [0.15, 0.2) is 0 Å². The largest absolute Gasteiger partial charge is 0.322 e. The maximum absolute atomic E-state index is 12.1. The number of sulfonamides is 1. The van der Waals surface area contributed by atoms with Crippen LogP contribution >= 0.6 is 0 Å². The van der Waals surface area contributed by atoms with Gasteiger partial charge in [0.25, 0.3) is 5.91 Å². The molecule has 0 aliphatic carbocycles. The van der Waals surface area contributed by atoms with Crippen LogP contribution in [0.1, 0.15) is 12.8 Å². The molecule has 1 amide bonds. The molecule has 0 aromatic heterocycles. The Morgan fingerprint density at radius 1 is 1.41 bits per heavy atom. The molecule has 2 aliphatic heterocycles.